The van der Waals surface area contributed by atoms with Crippen LogP contribution in [0.3, 0.4) is 0 Å². The lowest BCUT2D eigenvalue weighted by Crippen LogP contribution is -2.11. The molecule has 0 radical (unpaired) electrons. The summed E-state index contributed by atoms with van der Waals surface area (Å²) in [7, 11) is 1.90. The Labute approximate surface area is 167 Å². The van der Waals surface area contributed by atoms with Gasteiger partial charge in [0.2, 0.25) is 0 Å². The van der Waals surface area contributed by atoms with Crippen LogP contribution in [0.2, 0.25) is 0 Å². The van der Waals surface area contributed by atoms with E-state index in [0.29, 0.717) is 16.5 Å². The number of thioether (sulfide) groups is 1. The van der Waals surface area contributed by atoms with Gasteiger partial charge in [-0.1, -0.05) is 72.4 Å². The number of furan rings is 1. The topological polar surface area (TPSA) is 60.9 Å². The van der Waals surface area contributed by atoms with Crippen molar-refractivity contribution in [2.24, 2.45) is 7.05 Å². The summed E-state index contributed by atoms with van der Waals surface area (Å²) in [6.07, 6.45) is 1.64. The zero-order valence-electron chi connectivity index (χ0n) is 15.6. The Kier molecular flexibility index (Phi) is 5.12. The van der Waals surface area contributed by atoms with Gasteiger partial charge in [-0.2, -0.15) is 0 Å². The molecule has 0 aliphatic heterocycles. The molecule has 0 unspecified atom stereocenters. The molecule has 0 fully saturated rings. The summed E-state index contributed by atoms with van der Waals surface area (Å²) >= 11 is 1.40. The molecule has 0 aliphatic rings. The molecule has 0 amide bonds. The molecule has 1 atom stereocenters. The molecule has 0 spiro atoms. The summed E-state index contributed by atoms with van der Waals surface area (Å²) in [6, 6.07) is 21.0. The van der Waals surface area contributed by atoms with Gasteiger partial charge < -0.3 is 8.98 Å². The number of aryl methyl sites for hydroxylation is 1. The first-order chi connectivity index (χ1) is 13.6. The molecule has 2 aromatic heterocycles. The summed E-state index contributed by atoms with van der Waals surface area (Å²) in [5.74, 6) is 1.54. The van der Waals surface area contributed by atoms with Gasteiger partial charge in [-0.15, -0.1) is 10.2 Å². The van der Waals surface area contributed by atoms with Crippen LogP contribution in [0, 0.1) is 6.92 Å². The maximum atomic E-state index is 13.3. The predicted molar refractivity (Wildman–Crippen MR) is 109 cm³/mol. The summed E-state index contributed by atoms with van der Waals surface area (Å²) in [5.41, 5.74) is 2.51. The number of rotatable bonds is 6. The Morgan fingerprint density at radius 2 is 1.68 bits per heavy atom. The number of Topliss-reactive ketones (excluding diaryl/α,β-unsaturated/α-hetero) is 1. The van der Waals surface area contributed by atoms with E-state index in [1.807, 2.05) is 85.3 Å². The Bertz CT molecular complexity index is 1090. The normalized spacial score (nSPS) is 12.1. The quantitative estimate of drug-likeness (QED) is 0.339. The van der Waals surface area contributed by atoms with Crippen molar-refractivity contribution in [3.8, 4) is 11.4 Å². The maximum absolute atomic E-state index is 13.3. The minimum atomic E-state index is -0.412. The molecule has 4 aromatic rings. The second-order valence-electron chi connectivity index (χ2n) is 6.39. The van der Waals surface area contributed by atoms with Crippen molar-refractivity contribution in [1.29, 1.82) is 0 Å². The van der Waals surface area contributed by atoms with Crippen LogP contribution in [0.15, 0.2) is 82.6 Å². The monoisotopic (exact) mass is 389 g/mol. The summed E-state index contributed by atoms with van der Waals surface area (Å²) in [5, 5.41) is 8.92. The van der Waals surface area contributed by atoms with E-state index >= 15 is 0 Å². The van der Waals surface area contributed by atoms with Gasteiger partial charge >= 0.3 is 0 Å². The lowest BCUT2D eigenvalue weighted by atomic mass is 10.0. The molecule has 140 valence electrons. The van der Waals surface area contributed by atoms with Crippen LogP contribution < -0.4 is 0 Å². The van der Waals surface area contributed by atoms with Gasteiger partial charge in [0.15, 0.2) is 16.8 Å². The molecule has 0 aliphatic carbocycles. The van der Waals surface area contributed by atoms with Gasteiger partial charge in [0, 0.05) is 12.6 Å². The van der Waals surface area contributed by atoms with Crippen molar-refractivity contribution in [3.63, 3.8) is 0 Å². The average molecular weight is 389 g/mol. The highest BCUT2D eigenvalue weighted by Crippen LogP contribution is 2.38. The highest BCUT2D eigenvalue weighted by atomic mass is 32.2. The Morgan fingerprint density at radius 1 is 1.00 bits per heavy atom. The smallest absolute Gasteiger partial charge is 0.192 e. The predicted octanol–water partition coefficient (Wildman–Crippen LogP) is 5.10. The Hall–Kier alpha value is -3.12. The van der Waals surface area contributed by atoms with Gasteiger partial charge in [0.1, 0.15) is 11.0 Å². The van der Waals surface area contributed by atoms with Crippen LogP contribution in [-0.4, -0.2) is 20.5 Å². The van der Waals surface area contributed by atoms with E-state index < -0.39 is 5.25 Å². The number of ketones is 1. The van der Waals surface area contributed by atoms with E-state index in [-0.39, 0.29) is 5.78 Å². The van der Waals surface area contributed by atoms with Crippen molar-refractivity contribution in [1.82, 2.24) is 14.8 Å². The van der Waals surface area contributed by atoms with Crippen LogP contribution >= 0.6 is 11.8 Å². The van der Waals surface area contributed by atoms with Gasteiger partial charge in [-0.25, -0.2) is 0 Å². The Balaban J connectivity index is 1.70. The molecule has 0 bridgehead atoms. The summed E-state index contributed by atoms with van der Waals surface area (Å²) < 4.78 is 7.29. The number of benzene rings is 2. The van der Waals surface area contributed by atoms with Gasteiger partial charge in [0.25, 0.3) is 0 Å². The third-order valence-electron chi connectivity index (χ3n) is 4.56. The highest BCUT2D eigenvalue weighted by Gasteiger charge is 2.26. The van der Waals surface area contributed by atoms with E-state index in [1.54, 1.807) is 6.26 Å². The summed E-state index contributed by atoms with van der Waals surface area (Å²) in [4.78, 5) is 13.3. The minimum Gasteiger partial charge on any atom is -0.469 e. The third-order valence-corrected chi connectivity index (χ3v) is 5.84. The van der Waals surface area contributed by atoms with Crippen LogP contribution in [0.4, 0.5) is 0 Å². The molecule has 6 heteroatoms. The van der Waals surface area contributed by atoms with E-state index in [2.05, 4.69) is 10.2 Å². The van der Waals surface area contributed by atoms with E-state index in [0.717, 1.165) is 16.9 Å². The molecule has 2 aromatic carbocycles. The van der Waals surface area contributed by atoms with E-state index in [4.69, 9.17) is 4.42 Å². The molecule has 28 heavy (non-hydrogen) atoms. The van der Waals surface area contributed by atoms with E-state index in [9.17, 15) is 4.79 Å². The zero-order chi connectivity index (χ0) is 19.5. The number of carbonyl (C=O) groups is 1. The highest BCUT2D eigenvalue weighted by molar-refractivity contribution is 8.00. The number of aromatic nitrogens is 3. The number of carbonyl (C=O) groups excluding carboxylic acids is 1. The van der Waals surface area contributed by atoms with Crippen molar-refractivity contribution in [2.75, 3.05) is 0 Å². The average Bonchev–Trinajstić information content (AvgIpc) is 3.32. The first kappa shape index (κ1) is 18.3. The lowest BCUT2D eigenvalue weighted by molar-refractivity contribution is 0.0989. The molecule has 0 saturated heterocycles. The molecule has 4 rings (SSSR count). The molecule has 0 saturated carbocycles. The lowest BCUT2D eigenvalue weighted by Gasteiger charge is -2.15. The molecular formula is C22H19N3O2S. The van der Waals surface area contributed by atoms with Gasteiger partial charge in [-0.05, 0) is 18.6 Å². The molecule has 5 nitrogen and oxygen atoms in total. The van der Waals surface area contributed by atoms with Gasteiger partial charge in [0.05, 0.1) is 11.8 Å². The van der Waals surface area contributed by atoms with Crippen LogP contribution in [0.1, 0.15) is 26.9 Å². The number of nitrogens with zero attached hydrogens (tertiary/aromatic N) is 3. The fourth-order valence-electron chi connectivity index (χ4n) is 3.03. The number of hydrogen-bond acceptors (Lipinski definition) is 5. The zero-order valence-corrected chi connectivity index (χ0v) is 16.4. The van der Waals surface area contributed by atoms with Crippen molar-refractivity contribution in [3.05, 3.63) is 89.9 Å². The Morgan fingerprint density at radius 3 is 2.32 bits per heavy atom. The second kappa shape index (κ2) is 7.86. The molecule has 2 heterocycles. The first-order valence-corrected chi connectivity index (χ1v) is 9.78. The molecule has 0 N–H and O–H groups in total. The largest absolute Gasteiger partial charge is 0.469 e. The minimum absolute atomic E-state index is 0.0424. The fraction of sp³-hybridized carbons (Fsp3) is 0.136. The van der Waals surface area contributed by atoms with Crippen molar-refractivity contribution >= 4 is 17.5 Å². The summed E-state index contributed by atoms with van der Waals surface area (Å²) in [6.45, 7) is 1.89. The maximum Gasteiger partial charge on any atom is 0.192 e. The van der Waals surface area contributed by atoms with Gasteiger partial charge in [-0.3, -0.25) is 4.79 Å². The van der Waals surface area contributed by atoms with Crippen LogP contribution in [0.25, 0.3) is 11.4 Å². The first-order valence-electron chi connectivity index (χ1n) is 8.90. The SMILES string of the molecule is Cc1occc1-c1nnc(S[C@@H](C(=O)c2ccccc2)c2ccccc2)n1C. The van der Waals surface area contributed by atoms with Crippen molar-refractivity contribution in [2.45, 2.75) is 17.3 Å². The van der Waals surface area contributed by atoms with Crippen LogP contribution in [0.5, 0.6) is 0 Å². The standard InChI is InChI=1S/C22H19N3O2S/c1-15-18(13-14-27-15)21-23-24-22(25(21)2)28-20(17-11-7-4-8-12-17)19(26)16-9-5-3-6-10-16/h3-14,20H,1-2H3/t20-/m1/s1. The molecular weight excluding hydrogens is 370 g/mol. The third kappa shape index (κ3) is 3.51. The van der Waals surface area contributed by atoms with E-state index in [1.165, 1.54) is 11.8 Å². The van der Waals surface area contributed by atoms with Crippen molar-refractivity contribution < 1.29 is 9.21 Å². The second-order valence-corrected chi connectivity index (χ2v) is 7.47. The number of hydrogen-bond donors (Lipinski definition) is 0. The van der Waals surface area contributed by atoms with Crippen LogP contribution in [-0.2, 0) is 7.05 Å². The fourth-order valence-corrected chi connectivity index (χ4v) is 4.11.